The number of rotatable bonds is 7. The van der Waals surface area contributed by atoms with Crippen molar-refractivity contribution in [2.45, 2.75) is 18.3 Å². The molecule has 0 aliphatic carbocycles. The summed E-state index contributed by atoms with van der Waals surface area (Å²) >= 11 is 1.46. The number of allylic oxidation sites excluding steroid dienone is 1. The fourth-order valence-corrected chi connectivity index (χ4v) is 4.06. The summed E-state index contributed by atoms with van der Waals surface area (Å²) in [4.78, 5) is 35.9. The zero-order valence-corrected chi connectivity index (χ0v) is 17.1. The van der Waals surface area contributed by atoms with Crippen LogP contribution >= 0.6 is 11.8 Å². The summed E-state index contributed by atoms with van der Waals surface area (Å²) in [6.07, 6.45) is 3.55. The number of halogens is 1. The van der Waals surface area contributed by atoms with Crippen LogP contribution in [0, 0.1) is 0 Å². The van der Waals surface area contributed by atoms with Crippen LogP contribution in [0.1, 0.15) is 6.92 Å². The summed E-state index contributed by atoms with van der Waals surface area (Å²) in [5.41, 5.74) is 11.6. The molecule has 8 nitrogen and oxygen atoms in total. The molecule has 0 aromatic rings. The molecule has 0 spiro atoms. The Bertz CT molecular complexity index is 639. The van der Waals surface area contributed by atoms with E-state index < -0.39 is 12.0 Å². The summed E-state index contributed by atoms with van der Waals surface area (Å²) in [5.74, 6) is -1.40. The highest BCUT2D eigenvalue weighted by Gasteiger charge is 2.51. The zero-order valence-electron chi connectivity index (χ0n) is 14.1. The predicted molar refractivity (Wildman–Crippen MR) is 90.5 cm³/mol. The number of hydrogen-bond donors (Lipinski definition) is 3. The van der Waals surface area contributed by atoms with Crippen LogP contribution in [0.2, 0.25) is 0 Å². The van der Waals surface area contributed by atoms with Crippen molar-refractivity contribution in [2.75, 3.05) is 32.4 Å². The Balaban J connectivity index is 0.00000312. The Morgan fingerprint density at radius 1 is 1.48 bits per heavy atom. The number of primary amides is 1. The second kappa shape index (κ2) is 8.52. The number of aliphatic carboxylic acids is 1. The Hall–Kier alpha value is -1.11. The first-order valence-corrected chi connectivity index (χ1v) is 8.70. The first-order chi connectivity index (χ1) is 11.2. The summed E-state index contributed by atoms with van der Waals surface area (Å²) in [7, 11) is 1.91. The lowest BCUT2D eigenvalue weighted by Crippen LogP contribution is -3.00. The van der Waals surface area contributed by atoms with E-state index in [1.807, 2.05) is 20.0 Å². The van der Waals surface area contributed by atoms with Gasteiger partial charge in [-0.05, 0) is 18.6 Å². The van der Waals surface area contributed by atoms with Crippen LogP contribution in [-0.4, -0.2) is 76.1 Å². The molecule has 0 bridgehead atoms. The molecule has 2 rings (SSSR count). The highest BCUT2D eigenvalue weighted by Crippen LogP contribution is 2.39. The predicted octanol–water partition coefficient (Wildman–Crippen LogP) is -3.92. The van der Waals surface area contributed by atoms with Crippen molar-refractivity contribution in [3.05, 3.63) is 23.4 Å². The number of β-lactam (4-membered cyclic amide) rings is 1. The molecule has 2 heterocycles. The third kappa shape index (κ3) is 4.54. The Kier molecular flexibility index (Phi) is 7.47. The van der Waals surface area contributed by atoms with E-state index in [1.54, 1.807) is 6.08 Å². The average molecular weight is 482 g/mol. The molecule has 1 saturated heterocycles. The van der Waals surface area contributed by atoms with E-state index in [0.717, 1.165) is 0 Å². The van der Waals surface area contributed by atoms with Gasteiger partial charge in [-0.15, -0.1) is 11.8 Å². The summed E-state index contributed by atoms with van der Waals surface area (Å²) < 4.78 is 0.435. The van der Waals surface area contributed by atoms with E-state index in [0.29, 0.717) is 28.9 Å². The van der Waals surface area contributed by atoms with Crippen molar-refractivity contribution in [1.82, 2.24) is 4.90 Å². The number of carboxylic acid groups (broad SMARTS) is 1. The molecule has 10 heteroatoms. The van der Waals surface area contributed by atoms with Crippen LogP contribution in [0.3, 0.4) is 0 Å². The maximum atomic E-state index is 11.9. The molecule has 140 valence electrons. The number of carbonyl (C=O) groups excluding carboxylic acids is 2. The van der Waals surface area contributed by atoms with Crippen molar-refractivity contribution in [2.24, 2.45) is 11.5 Å². The molecule has 2 aliphatic heterocycles. The SMILES string of the molecule is CC[N+](C)(C/C=C/C1=C(C(=O)O)N2C(=O)[C@@H](N)[C@H]2SC1)CC(N)=O.[I-]. The van der Waals surface area contributed by atoms with Crippen LogP contribution in [0.5, 0.6) is 0 Å². The highest BCUT2D eigenvalue weighted by atomic mass is 127. The van der Waals surface area contributed by atoms with E-state index in [9.17, 15) is 19.5 Å². The minimum Gasteiger partial charge on any atom is -1.00 e. The van der Waals surface area contributed by atoms with Crippen LogP contribution in [0.15, 0.2) is 23.4 Å². The Labute approximate surface area is 167 Å². The van der Waals surface area contributed by atoms with Crippen molar-refractivity contribution in [1.29, 1.82) is 0 Å². The molecular formula is C15H23IN4O4S. The van der Waals surface area contributed by atoms with Crippen LogP contribution < -0.4 is 35.4 Å². The van der Waals surface area contributed by atoms with Gasteiger partial charge in [0.1, 0.15) is 17.1 Å². The monoisotopic (exact) mass is 482 g/mol. The topological polar surface area (TPSA) is 127 Å². The van der Waals surface area contributed by atoms with Gasteiger partial charge in [0, 0.05) is 5.75 Å². The van der Waals surface area contributed by atoms with Gasteiger partial charge in [0.25, 0.3) is 5.91 Å². The number of carboxylic acids is 1. The van der Waals surface area contributed by atoms with Crippen LogP contribution in [0.4, 0.5) is 0 Å². The van der Waals surface area contributed by atoms with Crippen LogP contribution in [-0.2, 0) is 14.4 Å². The molecule has 1 unspecified atom stereocenters. The Morgan fingerprint density at radius 3 is 2.64 bits per heavy atom. The first-order valence-electron chi connectivity index (χ1n) is 7.65. The van der Waals surface area contributed by atoms with Gasteiger partial charge in [-0.2, -0.15) is 0 Å². The zero-order chi connectivity index (χ0) is 18.1. The lowest BCUT2D eigenvalue weighted by Gasteiger charge is -2.47. The molecule has 2 aliphatic rings. The van der Waals surface area contributed by atoms with Crippen molar-refractivity contribution >= 4 is 29.5 Å². The molecule has 3 atom stereocenters. The summed E-state index contributed by atoms with van der Waals surface area (Å²) in [5, 5.41) is 9.16. The number of quaternary nitrogens is 1. The van der Waals surface area contributed by atoms with Crippen LogP contribution in [0.25, 0.3) is 0 Å². The quantitative estimate of drug-likeness (QED) is 0.193. The largest absolute Gasteiger partial charge is 1.00 e. The van der Waals surface area contributed by atoms with Gasteiger partial charge in [-0.25, -0.2) is 4.79 Å². The number of amides is 2. The standard InChI is InChI=1S/C15H22N4O4S.HI/c1-3-19(2,7-10(16)20)6-4-5-9-8-24-14-11(17)13(21)18(14)12(9)15(22)23;/h4-5,11,14H,3,6-8,17H2,1-2H3,(H2-,16,20,22,23);1H/b5-4+;/t11-,14-,19?;/m1./s1. The molecule has 0 saturated carbocycles. The minimum atomic E-state index is -1.13. The third-order valence-electron chi connectivity index (χ3n) is 4.41. The van der Waals surface area contributed by atoms with Gasteiger partial charge in [-0.3, -0.25) is 14.5 Å². The molecule has 5 N–H and O–H groups in total. The smallest absolute Gasteiger partial charge is 0.352 e. The highest BCUT2D eigenvalue weighted by molar-refractivity contribution is 8.00. The van der Waals surface area contributed by atoms with E-state index in [-0.39, 0.29) is 53.4 Å². The van der Waals surface area contributed by atoms with Gasteiger partial charge in [0.2, 0.25) is 5.91 Å². The molecule has 0 radical (unpaired) electrons. The van der Waals surface area contributed by atoms with Gasteiger partial charge in [-0.1, -0.05) is 6.08 Å². The maximum absolute atomic E-state index is 11.9. The number of nitrogens with two attached hydrogens (primary N) is 2. The molecular weight excluding hydrogens is 459 g/mol. The average Bonchev–Trinajstić information content (AvgIpc) is 2.52. The number of carbonyl (C=O) groups is 3. The lowest BCUT2D eigenvalue weighted by molar-refractivity contribution is -0.894. The molecule has 0 aromatic carbocycles. The minimum absolute atomic E-state index is 0. The Morgan fingerprint density at radius 2 is 2.12 bits per heavy atom. The van der Waals surface area contributed by atoms with E-state index in [2.05, 4.69) is 0 Å². The summed E-state index contributed by atoms with van der Waals surface area (Å²) in [6, 6.07) is -0.634. The van der Waals surface area contributed by atoms with Crippen molar-refractivity contribution in [3.63, 3.8) is 0 Å². The van der Waals surface area contributed by atoms with E-state index in [4.69, 9.17) is 11.5 Å². The number of likely N-dealkylation sites (N-methyl/N-ethyl adjacent to an activating group) is 1. The second-order valence-electron chi connectivity index (χ2n) is 6.26. The van der Waals surface area contributed by atoms with E-state index in [1.165, 1.54) is 16.7 Å². The van der Waals surface area contributed by atoms with E-state index >= 15 is 0 Å². The maximum Gasteiger partial charge on any atom is 0.352 e. The summed E-state index contributed by atoms with van der Waals surface area (Å²) in [6.45, 7) is 3.42. The number of nitrogens with zero attached hydrogens (tertiary/aromatic N) is 2. The van der Waals surface area contributed by atoms with Gasteiger partial charge >= 0.3 is 5.97 Å². The fraction of sp³-hybridized carbons (Fsp3) is 0.533. The lowest BCUT2D eigenvalue weighted by atomic mass is 10.0. The normalized spacial score (nSPS) is 25.1. The fourth-order valence-electron chi connectivity index (χ4n) is 2.80. The first kappa shape index (κ1) is 21.9. The number of hydrogen-bond acceptors (Lipinski definition) is 5. The van der Waals surface area contributed by atoms with Gasteiger partial charge in [0.05, 0.1) is 20.1 Å². The van der Waals surface area contributed by atoms with Crippen molar-refractivity contribution < 1.29 is 47.9 Å². The second-order valence-corrected chi connectivity index (χ2v) is 7.36. The number of fused-ring (bicyclic) bond motifs is 1. The van der Waals surface area contributed by atoms with Gasteiger partial charge < -0.3 is 45.0 Å². The van der Waals surface area contributed by atoms with Gasteiger partial charge in [0.15, 0.2) is 6.54 Å². The van der Waals surface area contributed by atoms with Crippen molar-refractivity contribution in [3.8, 4) is 0 Å². The molecule has 25 heavy (non-hydrogen) atoms. The molecule has 0 aromatic heterocycles. The molecule has 2 amide bonds. The third-order valence-corrected chi connectivity index (χ3v) is 5.73. The number of thioether (sulfide) groups is 1. The molecule has 1 fully saturated rings.